The van der Waals surface area contributed by atoms with Gasteiger partial charge in [-0.05, 0) is 68.0 Å². The van der Waals surface area contributed by atoms with Gasteiger partial charge < -0.3 is 4.90 Å². The minimum Gasteiger partial charge on any atom is -0.312 e. The molecule has 1 aliphatic heterocycles. The molecule has 0 bridgehead atoms. The van der Waals surface area contributed by atoms with Gasteiger partial charge in [-0.2, -0.15) is 0 Å². The summed E-state index contributed by atoms with van der Waals surface area (Å²) in [6, 6.07) is 12.4. The number of anilines is 2. The number of hydrogen-bond acceptors (Lipinski definition) is 3. The fourth-order valence-electron chi connectivity index (χ4n) is 3.51. The van der Waals surface area contributed by atoms with E-state index in [9.17, 15) is 13.2 Å². The van der Waals surface area contributed by atoms with E-state index in [4.69, 9.17) is 0 Å². The van der Waals surface area contributed by atoms with Crippen LogP contribution >= 0.6 is 0 Å². The van der Waals surface area contributed by atoms with E-state index < -0.39 is 10.0 Å². The second-order valence-corrected chi connectivity index (χ2v) is 8.73. The van der Waals surface area contributed by atoms with Crippen molar-refractivity contribution in [2.24, 2.45) is 5.92 Å². The Hall–Kier alpha value is -2.34. The van der Waals surface area contributed by atoms with E-state index in [1.807, 2.05) is 23.1 Å². The van der Waals surface area contributed by atoms with Gasteiger partial charge >= 0.3 is 0 Å². The molecule has 1 heterocycles. The first-order chi connectivity index (χ1) is 12.5. The lowest BCUT2D eigenvalue weighted by molar-refractivity contribution is -0.119. The molecule has 2 aromatic rings. The van der Waals surface area contributed by atoms with Gasteiger partial charge in [-0.1, -0.05) is 18.2 Å². The van der Waals surface area contributed by atoms with Crippen molar-refractivity contribution in [1.82, 2.24) is 0 Å². The summed E-state index contributed by atoms with van der Waals surface area (Å²) in [5.74, 6) is 0.388. The topological polar surface area (TPSA) is 66.5 Å². The molecule has 1 N–H and O–H groups in total. The van der Waals surface area contributed by atoms with Gasteiger partial charge in [-0.25, -0.2) is 8.42 Å². The summed E-state index contributed by atoms with van der Waals surface area (Å²) >= 11 is 0. The Labute approximate surface area is 154 Å². The monoisotopic (exact) mass is 370 g/mol. The van der Waals surface area contributed by atoms with Crippen molar-refractivity contribution < 1.29 is 13.2 Å². The number of fused-ring (bicyclic) bond motifs is 1. The second-order valence-electron chi connectivity index (χ2n) is 7.08. The van der Waals surface area contributed by atoms with Crippen LogP contribution in [0.15, 0.2) is 47.4 Å². The first-order valence-corrected chi connectivity index (χ1v) is 10.5. The van der Waals surface area contributed by atoms with E-state index in [1.54, 1.807) is 31.2 Å². The van der Waals surface area contributed by atoms with Gasteiger partial charge in [-0.3, -0.25) is 9.52 Å². The number of carbonyl (C=O) groups is 1. The molecule has 2 aromatic carbocycles. The highest BCUT2D eigenvalue weighted by atomic mass is 32.2. The third-order valence-electron chi connectivity index (χ3n) is 5.03. The van der Waals surface area contributed by atoms with Gasteiger partial charge in [-0.15, -0.1) is 0 Å². The number of nitrogens with one attached hydrogen (secondary N) is 1. The van der Waals surface area contributed by atoms with Crippen LogP contribution in [0.1, 0.15) is 30.4 Å². The summed E-state index contributed by atoms with van der Waals surface area (Å²) in [5, 5.41) is 0. The third-order valence-corrected chi connectivity index (χ3v) is 6.57. The van der Waals surface area contributed by atoms with Crippen LogP contribution < -0.4 is 9.62 Å². The minimum atomic E-state index is -3.63. The third kappa shape index (κ3) is 3.21. The quantitative estimate of drug-likeness (QED) is 0.896. The molecule has 1 amide bonds. The van der Waals surface area contributed by atoms with Crippen LogP contribution in [0, 0.1) is 12.8 Å². The van der Waals surface area contributed by atoms with Crippen LogP contribution in [0.2, 0.25) is 0 Å². The molecule has 4 rings (SSSR count). The van der Waals surface area contributed by atoms with E-state index in [2.05, 4.69) is 4.72 Å². The number of aryl methyl sites for hydroxylation is 2. The van der Waals surface area contributed by atoms with Gasteiger partial charge in [0.1, 0.15) is 0 Å². The number of hydrogen-bond donors (Lipinski definition) is 1. The van der Waals surface area contributed by atoms with Crippen molar-refractivity contribution in [2.75, 3.05) is 16.2 Å². The Kier molecular flexibility index (Phi) is 4.23. The molecule has 0 atom stereocenters. The maximum absolute atomic E-state index is 12.7. The summed E-state index contributed by atoms with van der Waals surface area (Å²) in [6.07, 6.45) is 3.72. The summed E-state index contributed by atoms with van der Waals surface area (Å²) in [7, 11) is -3.63. The molecule has 1 saturated carbocycles. The maximum atomic E-state index is 12.7. The van der Waals surface area contributed by atoms with Crippen molar-refractivity contribution in [3.8, 4) is 0 Å². The van der Waals surface area contributed by atoms with Crippen LogP contribution in [0.5, 0.6) is 0 Å². The van der Waals surface area contributed by atoms with E-state index in [-0.39, 0.29) is 16.7 Å². The minimum absolute atomic E-state index is 0.181. The smallest absolute Gasteiger partial charge is 0.262 e. The molecule has 0 radical (unpaired) electrons. The summed E-state index contributed by atoms with van der Waals surface area (Å²) in [4.78, 5) is 14.6. The largest absolute Gasteiger partial charge is 0.312 e. The molecular formula is C20H22N2O3S. The number of rotatable bonds is 4. The summed E-state index contributed by atoms with van der Waals surface area (Å²) in [6.45, 7) is 2.53. The van der Waals surface area contributed by atoms with Gasteiger partial charge in [0.15, 0.2) is 0 Å². The number of benzene rings is 2. The van der Waals surface area contributed by atoms with Crippen LogP contribution in [-0.2, 0) is 21.2 Å². The molecule has 0 spiro atoms. The van der Waals surface area contributed by atoms with Crippen LogP contribution in [0.25, 0.3) is 0 Å². The lowest BCUT2D eigenvalue weighted by Crippen LogP contribution is -2.36. The fourth-order valence-corrected chi connectivity index (χ4v) is 4.81. The Balaban J connectivity index is 1.61. The zero-order valence-corrected chi connectivity index (χ0v) is 15.6. The Bertz CT molecular complexity index is 965. The normalized spacial score (nSPS) is 16.9. The zero-order valence-electron chi connectivity index (χ0n) is 14.7. The van der Waals surface area contributed by atoms with Crippen molar-refractivity contribution in [2.45, 2.75) is 37.5 Å². The Morgan fingerprint density at radius 2 is 1.92 bits per heavy atom. The number of amides is 1. The maximum Gasteiger partial charge on any atom is 0.262 e. The van der Waals surface area contributed by atoms with Crippen molar-refractivity contribution in [3.63, 3.8) is 0 Å². The highest BCUT2D eigenvalue weighted by molar-refractivity contribution is 7.92. The number of sulfonamides is 1. The Morgan fingerprint density at radius 3 is 2.65 bits per heavy atom. The first kappa shape index (κ1) is 17.1. The van der Waals surface area contributed by atoms with Gasteiger partial charge in [0.25, 0.3) is 10.0 Å². The van der Waals surface area contributed by atoms with Gasteiger partial charge in [0, 0.05) is 23.8 Å². The van der Waals surface area contributed by atoms with Crippen molar-refractivity contribution in [1.29, 1.82) is 0 Å². The van der Waals surface area contributed by atoms with Crippen molar-refractivity contribution >= 4 is 27.3 Å². The predicted molar refractivity (Wildman–Crippen MR) is 102 cm³/mol. The molecule has 136 valence electrons. The lowest BCUT2D eigenvalue weighted by atomic mass is 10.0. The second kappa shape index (κ2) is 6.43. The molecular weight excluding hydrogens is 348 g/mol. The number of carbonyl (C=O) groups excluding carboxylic acids is 1. The molecule has 1 aliphatic carbocycles. The summed E-state index contributed by atoms with van der Waals surface area (Å²) < 4.78 is 28.0. The average molecular weight is 370 g/mol. The zero-order chi connectivity index (χ0) is 18.3. The highest BCUT2D eigenvalue weighted by Gasteiger charge is 2.35. The molecule has 2 aliphatic rings. The van der Waals surface area contributed by atoms with E-state index in [0.29, 0.717) is 11.3 Å². The van der Waals surface area contributed by atoms with Crippen LogP contribution in [-0.4, -0.2) is 20.9 Å². The standard InChI is InChI=1S/C20H22N2O3S/c1-14-5-2-3-7-19(14)26(24,25)21-17-10-11-18-16(13-17)6-4-12-22(18)20(23)15-8-9-15/h2-3,5,7,10-11,13,15,21H,4,6,8-9,12H2,1H3. The molecule has 0 saturated heterocycles. The number of nitrogens with zero attached hydrogens (tertiary/aromatic N) is 1. The molecule has 1 fully saturated rings. The van der Waals surface area contributed by atoms with Crippen molar-refractivity contribution in [3.05, 3.63) is 53.6 Å². The Morgan fingerprint density at radius 1 is 1.15 bits per heavy atom. The van der Waals surface area contributed by atoms with Crippen LogP contribution in [0.4, 0.5) is 11.4 Å². The molecule has 0 unspecified atom stereocenters. The molecule has 5 nitrogen and oxygen atoms in total. The summed E-state index contributed by atoms with van der Waals surface area (Å²) in [5.41, 5.74) is 3.19. The van der Waals surface area contributed by atoms with Gasteiger partial charge in [0.05, 0.1) is 4.90 Å². The van der Waals surface area contributed by atoms with E-state index in [0.717, 1.165) is 43.5 Å². The van der Waals surface area contributed by atoms with Crippen LogP contribution in [0.3, 0.4) is 0 Å². The molecule has 26 heavy (non-hydrogen) atoms. The SMILES string of the molecule is Cc1ccccc1S(=O)(=O)Nc1ccc2c(c1)CCCN2C(=O)C1CC1. The first-order valence-electron chi connectivity index (χ1n) is 8.98. The van der Waals surface area contributed by atoms with E-state index >= 15 is 0 Å². The van der Waals surface area contributed by atoms with Gasteiger partial charge in [0.2, 0.25) is 5.91 Å². The highest BCUT2D eigenvalue weighted by Crippen LogP contribution is 2.37. The predicted octanol–water partition coefficient (Wildman–Crippen LogP) is 3.49. The molecule has 6 heteroatoms. The fraction of sp³-hybridized carbons (Fsp3) is 0.350. The average Bonchev–Trinajstić information content (AvgIpc) is 3.45. The molecule has 0 aromatic heterocycles. The lowest BCUT2D eigenvalue weighted by Gasteiger charge is -2.30. The van der Waals surface area contributed by atoms with E-state index in [1.165, 1.54) is 0 Å².